The molecule has 82 valence electrons. The molecule has 2 aromatic carbocycles. The van der Waals surface area contributed by atoms with Crippen LogP contribution in [-0.2, 0) is 6.54 Å². The lowest BCUT2D eigenvalue weighted by Gasteiger charge is -2.04. The highest BCUT2D eigenvalue weighted by atomic mass is 35.5. The van der Waals surface area contributed by atoms with Gasteiger partial charge < -0.3 is 0 Å². The van der Waals surface area contributed by atoms with Gasteiger partial charge in [-0.2, -0.15) is 0 Å². The van der Waals surface area contributed by atoms with E-state index in [0.717, 1.165) is 0 Å². The van der Waals surface area contributed by atoms with Crippen molar-refractivity contribution in [2.45, 2.75) is 6.54 Å². The molecule has 2 aromatic rings. The Bertz CT molecular complexity index is 413. The Hall–Kier alpha value is -0.800. The number of halogens is 2. The van der Waals surface area contributed by atoms with Crippen molar-refractivity contribution in [2.24, 2.45) is 5.84 Å². The van der Waals surface area contributed by atoms with Crippen LogP contribution in [0.5, 0.6) is 0 Å². The Balaban J connectivity index is 0.000000980. The van der Waals surface area contributed by atoms with E-state index >= 15 is 0 Å². The molecule has 0 aliphatic rings. The smallest absolute Gasteiger partial charge is 0.0354 e. The highest BCUT2D eigenvalue weighted by Crippen LogP contribution is 2.17. The molecule has 0 unspecified atom stereocenters. The van der Waals surface area contributed by atoms with E-state index in [-0.39, 0.29) is 24.8 Å². The van der Waals surface area contributed by atoms with Crippen molar-refractivity contribution < 1.29 is 0 Å². The predicted molar refractivity (Wildman–Crippen MR) is 69.5 cm³/mol. The third-order valence-corrected chi connectivity index (χ3v) is 2.17. The number of benzene rings is 2. The molecule has 0 saturated heterocycles. The van der Waals surface area contributed by atoms with Crippen LogP contribution in [0.4, 0.5) is 0 Å². The van der Waals surface area contributed by atoms with Gasteiger partial charge in [0, 0.05) is 6.54 Å². The molecule has 0 radical (unpaired) electrons. The van der Waals surface area contributed by atoms with Crippen LogP contribution in [0.1, 0.15) is 5.56 Å². The second kappa shape index (κ2) is 6.64. The van der Waals surface area contributed by atoms with Gasteiger partial charge in [0.15, 0.2) is 0 Å². The SMILES string of the molecule is Cl.Cl.NNCc1cccc2ccccc12. The predicted octanol–water partition coefficient (Wildman–Crippen LogP) is 2.65. The molecule has 0 saturated carbocycles. The molecule has 0 spiro atoms. The molecular formula is C11H14Cl2N2. The standard InChI is InChI=1S/C11H12N2.2ClH/c12-13-8-10-6-3-5-9-4-1-2-7-11(9)10;;/h1-7,13H,8,12H2;2*1H. The van der Waals surface area contributed by atoms with Crippen molar-refractivity contribution in [1.29, 1.82) is 0 Å². The first kappa shape index (κ1) is 14.2. The van der Waals surface area contributed by atoms with Crippen molar-refractivity contribution in [2.75, 3.05) is 0 Å². The van der Waals surface area contributed by atoms with Gasteiger partial charge in [-0.1, -0.05) is 42.5 Å². The number of hydrogen-bond acceptors (Lipinski definition) is 2. The van der Waals surface area contributed by atoms with Crippen LogP contribution >= 0.6 is 24.8 Å². The molecule has 0 amide bonds. The zero-order valence-electron chi connectivity index (χ0n) is 8.14. The summed E-state index contributed by atoms with van der Waals surface area (Å²) >= 11 is 0. The summed E-state index contributed by atoms with van der Waals surface area (Å²) in [6.07, 6.45) is 0. The lowest BCUT2D eigenvalue weighted by atomic mass is 10.1. The van der Waals surface area contributed by atoms with E-state index in [2.05, 4.69) is 35.8 Å². The molecule has 0 aromatic heterocycles. The summed E-state index contributed by atoms with van der Waals surface area (Å²) in [7, 11) is 0. The van der Waals surface area contributed by atoms with Crippen LogP contribution in [0.25, 0.3) is 10.8 Å². The lowest BCUT2D eigenvalue weighted by molar-refractivity contribution is 0.745. The third kappa shape index (κ3) is 3.08. The molecular weight excluding hydrogens is 231 g/mol. The molecule has 15 heavy (non-hydrogen) atoms. The number of hydrogen-bond donors (Lipinski definition) is 2. The minimum absolute atomic E-state index is 0. The maximum absolute atomic E-state index is 5.30. The quantitative estimate of drug-likeness (QED) is 0.630. The van der Waals surface area contributed by atoms with Gasteiger partial charge in [-0.15, -0.1) is 24.8 Å². The van der Waals surface area contributed by atoms with Crippen LogP contribution in [0.15, 0.2) is 42.5 Å². The van der Waals surface area contributed by atoms with Gasteiger partial charge in [0.2, 0.25) is 0 Å². The summed E-state index contributed by atoms with van der Waals surface area (Å²) in [5, 5.41) is 2.53. The maximum atomic E-state index is 5.30. The second-order valence-electron chi connectivity index (χ2n) is 3.02. The van der Waals surface area contributed by atoms with E-state index in [1.54, 1.807) is 0 Å². The molecule has 3 N–H and O–H groups in total. The summed E-state index contributed by atoms with van der Waals surface area (Å²) < 4.78 is 0. The first-order valence-electron chi connectivity index (χ1n) is 4.32. The van der Waals surface area contributed by atoms with Gasteiger partial charge in [-0.3, -0.25) is 11.3 Å². The number of rotatable bonds is 2. The Morgan fingerprint density at radius 3 is 2.33 bits per heavy atom. The van der Waals surface area contributed by atoms with Gasteiger partial charge in [0.25, 0.3) is 0 Å². The molecule has 0 aliphatic carbocycles. The van der Waals surface area contributed by atoms with E-state index in [1.807, 2.05) is 12.1 Å². The number of fused-ring (bicyclic) bond motifs is 1. The van der Waals surface area contributed by atoms with E-state index in [0.29, 0.717) is 6.54 Å². The van der Waals surface area contributed by atoms with Gasteiger partial charge in [0.1, 0.15) is 0 Å². The Kier molecular flexibility index (Phi) is 6.29. The van der Waals surface area contributed by atoms with Crippen molar-refractivity contribution in [3.63, 3.8) is 0 Å². The molecule has 0 atom stereocenters. The van der Waals surface area contributed by atoms with Crippen molar-refractivity contribution in [3.05, 3.63) is 48.0 Å². The zero-order chi connectivity index (χ0) is 9.10. The van der Waals surface area contributed by atoms with Crippen molar-refractivity contribution in [1.82, 2.24) is 5.43 Å². The topological polar surface area (TPSA) is 38.0 Å². The first-order chi connectivity index (χ1) is 6.42. The number of nitrogens with two attached hydrogens (primary N) is 1. The summed E-state index contributed by atoms with van der Waals surface area (Å²) in [4.78, 5) is 0. The van der Waals surface area contributed by atoms with Crippen molar-refractivity contribution >= 4 is 35.6 Å². The highest BCUT2D eigenvalue weighted by Gasteiger charge is 1.97. The highest BCUT2D eigenvalue weighted by molar-refractivity contribution is 5.86. The summed E-state index contributed by atoms with van der Waals surface area (Å²) in [6, 6.07) is 14.5. The van der Waals surface area contributed by atoms with E-state index < -0.39 is 0 Å². The van der Waals surface area contributed by atoms with Gasteiger partial charge >= 0.3 is 0 Å². The fourth-order valence-electron chi connectivity index (χ4n) is 1.56. The molecule has 2 nitrogen and oxygen atoms in total. The molecule has 4 heteroatoms. The Morgan fingerprint density at radius 1 is 0.933 bits per heavy atom. The minimum Gasteiger partial charge on any atom is -0.271 e. The Morgan fingerprint density at radius 2 is 1.60 bits per heavy atom. The number of hydrazine groups is 1. The van der Waals surface area contributed by atoms with Crippen LogP contribution in [-0.4, -0.2) is 0 Å². The number of nitrogens with one attached hydrogen (secondary N) is 1. The molecule has 0 aliphatic heterocycles. The molecule has 0 heterocycles. The molecule has 2 rings (SSSR count). The van der Waals surface area contributed by atoms with Gasteiger partial charge in [0.05, 0.1) is 0 Å². The average molecular weight is 245 g/mol. The normalized spacial score (nSPS) is 9.13. The van der Waals surface area contributed by atoms with Crippen molar-refractivity contribution in [3.8, 4) is 0 Å². The van der Waals surface area contributed by atoms with E-state index in [1.165, 1.54) is 16.3 Å². The fourth-order valence-corrected chi connectivity index (χ4v) is 1.56. The van der Waals surface area contributed by atoms with Crippen LogP contribution in [0.3, 0.4) is 0 Å². The third-order valence-electron chi connectivity index (χ3n) is 2.17. The molecule has 0 fully saturated rings. The summed E-state index contributed by atoms with van der Waals surface area (Å²) in [5.41, 5.74) is 3.91. The van der Waals surface area contributed by atoms with Crippen LogP contribution in [0, 0.1) is 0 Å². The van der Waals surface area contributed by atoms with Crippen LogP contribution in [0.2, 0.25) is 0 Å². The monoisotopic (exact) mass is 244 g/mol. The largest absolute Gasteiger partial charge is 0.271 e. The Labute approximate surface area is 102 Å². The second-order valence-corrected chi connectivity index (χ2v) is 3.02. The van der Waals surface area contributed by atoms with Gasteiger partial charge in [-0.25, -0.2) is 0 Å². The fraction of sp³-hybridized carbons (Fsp3) is 0.0909. The molecule has 0 bridgehead atoms. The van der Waals surface area contributed by atoms with Gasteiger partial charge in [-0.05, 0) is 16.3 Å². The summed E-state index contributed by atoms with van der Waals surface area (Å²) in [6.45, 7) is 0.710. The lowest BCUT2D eigenvalue weighted by Crippen LogP contribution is -2.20. The first-order valence-corrected chi connectivity index (χ1v) is 4.32. The maximum Gasteiger partial charge on any atom is 0.0354 e. The van der Waals surface area contributed by atoms with Crippen LogP contribution < -0.4 is 11.3 Å². The summed E-state index contributed by atoms with van der Waals surface area (Å²) in [5.74, 6) is 5.30. The average Bonchev–Trinajstić information content (AvgIpc) is 2.19. The zero-order valence-corrected chi connectivity index (χ0v) is 9.78. The minimum atomic E-state index is 0. The van der Waals surface area contributed by atoms with E-state index in [9.17, 15) is 0 Å². The van der Waals surface area contributed by atoms with E-state index in [4.69, 9.17) is 5.84 Å².